The van der Waals surface area contributed by atoms with Crippen molar-refractivity contribution in [3.63, 3.8) is 0 Å². The highest BCUT2D eigenvalue weighted by Crippen LogP contribution is 2.22. The van der Waals surface area contributed by atoms with Crippen molar-refractivity contribution < 1.29 is 0 Å². The van der Waals surface area contributed by atoms with Gasteiger partial charge in [-0.05, 0) is 19.8 Å². The molecule has 0 aromatic heterocycles. The van der Waals surface area contributed by atoms with Gasteiger partial charge in [-0.2, -0.15) is 0 Å². The molecule has 1 fully saturated rings. The van der Waals surface area contributed by atoms with E-state index in [1.54, 1.807) is 0 Å². The van der Waals surface area contributed by atoms with Gasteiger partial charge in [0.05, 0.1) is 0 Å². The third kappa shape index (κ3) is 4.28. The lowest BCUT2D eigenvalue weighted by Gasteiger charge is -2.29. The van der Waals surface area contributed by atoms with Crippen LogP contribution in [0.15, 0.2) is 0 Å². The van der Waals surface area contributed by atoms with Crippen molar-refractivity contribution in [2.45, 2.75) is 49.3 Å². The lowest BCUT2D eigenvalue weighted by Crippen LogP contribution is -2.41. The fourth-order valence-corrected chi connectivity index (χ4v) is 2.00. The van der Waals surface area contributed by atoms with Gasteiger partial charge in [0, 0.05) is 6.04 Å². The SMILES string of the molecule is CC(S)(S)NC1CCCCC1. The third-order valence-corrected chi connectivity index (χ3v) is 2.34. The van der Waals surface area contributed by atoms with Crippen LogP contribution in [0.25, 0.3) is 0 Å². The number of rotatable bonds is 2. The first-order valence-corrected chi connectivity index (χ1v) is 5.20. The van der Waals surface area contributed by atoms with Crippen LogP contribution in [0.2, 0.25) is 0 Å². The summed E-state index contributed by atoms with van der Waals surface area (Å²) in [5.41, 5.74) is 0. The van der Waals surface area contributed by atoms with Gasteiger partial charge in [-0.25, -0.2) is 0 Å². The monoisotopic (exact) mass is 191 g/mol. The van der Waals surface area contributed by atoms with Gasteiger partial charge in [0.15, 0.2) is 0 Å². The van der Waals surface area contributed by atoms with Crippen LogP contribution in [0.1, 0.15) is 39.0 Å². The van der Waals surface area contributed by atoms with Crippen molar-refractivity contribution in [3.8, 4) is 0 Å². The minimum absolute atomic E-state index is 0.304. The Hall–Kier alpha value is 0.660. The molecule has 11 heavy (non-hydrogen) atoms. The number of hydrogen-bond donors (Lipinski definition) is 3. The van der Waals surface area contributed by atoms with Crippen molar-refractivity contribution in [1.82, 2.24) is 5.32 Å². The Kier molecular flexibility index (Phi) is 3.59. The van der Waals surface area contributed by atoms with E-state index in [2.05, 4.69) is 30.6 Å². The van der Waals surface area contributed by atoms with E-state index in [4.69, 9.17) is 0 Å². The second kappa shape index (κ2) is 4.06. The lowest BCUT2D eigenvalue weighted by molar-refractivity contribution is 0.365. The number of nitrogens with one attached hydrogen (secondary N) is 1. The average Bonchev–Trinajstić information content (AvgIpc) is 1.85. The predicted molar refractivity (Wildman–Crippen MR) is 56.4 cm³/mol. The summed E-state index contributed by atoms with van der Waals surface area (Å²) in [6.45, 7) is 1.98. The molecule has 1 nitrogen and oxygen atoms in total. The first-order chi connectivity index (χ1) is 5.08. The summed E-state index contributed by atoms with van der Waals surface area (Å²) < 4.78 is -0.304. The average molecular weight is 191 g/mol. The molecule has 0 aliphatic heterocycles. The fraction of sp³-hybridized carbons (Fsp3) is 1.00. The molecule has 1 aliphatic carbocycles. The molecular weight excluding hydrogens is 174 g/mol. The molecule has 0 saturated heterocycles. The largest absolute Gasteiger partial charge is 0.292 e. The zero-order chi connectivity index (χ0) is 8.32. The molecule has 1 rings (SSSR count). The molecule has 0 amide bonds. The van der Waals surface area contributed by atoms with E-state index < -0.39 is 0 Å². The van der Waals surface area contributed by atoms with E-state index in [-0.39, 0.29) is 4.20 Å². The highest BCUT2D eigenvalue weighted by molar-refractivity contribution is 8.00. The molecule has 3 heteroatoms. The molecule has 1 saturated carbocycles. The second-order valence-corrected chi connectivity index (χ2v) is 5.64. The highest BCUT2D eigenvalue weighted by atomic mass is 32.2. The van der Waals surface area contributed by atoms with Crippen LogP contribution in [0.3, 0.4) is 0 Å². The maximum absolute atomic E-state index is 4.32. The van der Waals surface area contributed by atoms with Crippen LogP contribution in [-0.4, -0.2) is 10.2 Å². The van der Waals surface area contributed by atoms with E-state index in [1.165, 1.54) is 32.1 Å². The Balaban J connectivity index is 2.24. The van der Waals surface area contributed by atoms with Gasteiger partial charge in [-0.1, -0.05) is 19.3 Å². The Morgan fingerprint density at radius 3 is 2.18 bits per heavy atom. The zero-order valence-corrected chi connectivity index (χ0v) is 8.80. The Morgan fingerprint density at radius 1 is 1.18 bits per heavy atom. The van der Waals surface area contributed by atoms with E-state index in [0.29, 0.717) is 6.04 Å². The molecule has 0 spiro atoms. The molecule has 0 aromatic carbocycles. The first-order valence-electron chi connectivity index (χ1n) is 4.30. The van der Waals surface area contributed by atoms with Crippen molar-refractivity contribution >= 4 is 25.3 Å². The summed E-state index contributed by atoms with van der Waals surface area (Å²) in [6.07, 6.45) is 6.69. The molecule has 0 heterocycles. The van der Waals surface area contributed by atoms with Crippen LogP contribution < -0.4 is 5.32 Å². The van der Waals surface area contributed by atoms with Gasteiger partial charge in [-0.15, -0.1) is 25.3 Å². The quantitative estimate of drug-likeness (QED) is 0.450. The number of hydrogen-bond acceptors (Lipinski definition) is 3. The van der Waals surface area contributed by atoms with Gasteiger partial charge >= 0.3 is 0 Å². The van der Waals surface area contributed by atoms with Crippen LogP contribution in [0.4, 0.5) is 0 Å². The topological polar surface area (TPSA) is 12.0 Å². The van der Waals surface area contributed by atoms with Crippen molar-refractivity contribution in [3.05, 3.63) is 0 Å². The first kappa shape index (κ1) is 9.75. The van der Waals surface area contributed by atoms with E-state index in [9.17, 15) is 0 Å². The summed E-state index contributed by atoms with van der Waals surface area (Å²) >= 11 is 8.64. The Labute approximate surface area is 80.1 Å². The van der Waals surface area contributed by atoms with Crippen LogP contribution in [0.5, 0.6) is 0 Å². The molecule has 0 radical (unpaired) electrons. The zero-order valence-electron chi connectivity index (χ0n) is 7.01. The maximum Gasteiger partial charge on any atom is 0.103 e. The summed E-state index contributed by atoms with van der Waals surface area (Å²) in [6, 6.07) is 0.642. The number of thiol groups is 2. The standard InChI is InChI=1S/C8H17NS2/c1-8(10,11)9-7-5-3-2-4-6-7/h7,9-11H,2-6H2,1H3. The molecule has 0 atom stereocenters. The normalized spacial score (nSPS) is 22.1. The van der Waals surface area contributed by atoms with Crippen LogP contribution in [-0.2, 0) is 0 Å². The molecule has 66 valence electrons. The van der Waals surface area contributed by atoms with Crippen molar-refractivity contribution in [1.29, 1.82) is 0 Å². The van der Waals surface area contributed by atoms with E-state index in [1.807, 2.05) is 6.92 Å². The van der Waals surface area contributed by atoms with E-state index >= 15 is 0 Å². The Bertz CT molecular complexity index is 114. The van der Waals surface area contributed by atoms with Crippen molar-refractivity contribution in [2.75, 3.05) is 0 Å². The molecule has 0 aromatic rings. The van der Waals surface area contributed by atoms with Gasteiger partial charge in [0.25, 0.3) is 0 Å². The highest BCUT2D eigenvalue weighted by Gasteiger charge is 2.20. The van der Waals surface area contributed by atoms with E-state index in [0.717, 1.165) is 0 Å². The molecule has 1 aliphatic rings. The predicted octanol–water partition coefficient (Wildman–Crippen LogP) is 2.44. The minimum atomic E-state index is -0.304. The summed E-state index contributed by atoms with van der Waals surface area (Å²) in [5, 5.41) is 3.39. The lowest BCUT2D eigenvalue weighted by atomic mass is 9.95. The molecular formula is C8H17NS2. The minimum Gasteiger partial charge on any atom is -0.292 e. The molecule has 1 N–H and O–H groups in total. The van der Waals surface area contributed by atoms with Gasteiger partial charge < -0.3 is 0 Å². The van der Waals surface area contributed by atoms with Crippen LogP contribution >= 0.6 is 25.3 Å². The second-order valence-electron chi connectivity index (χ2n) is 3.50. The third-order valence-electron chi connectivity index (χ3n) is 2.08. The smallest absolute Gasteiger partial charge is 0.103 e. The van der Waals surface area contributed by atoms with Crippen molar-refractivity contribution in [2.24, 2.45) is 0 Å². The fourth-order valence-electron chi connectivity index (χ4n) is 1.63. The summed E-state index contributed by atoms with van der Waals surface area (Å²) in [5.74, 6) is 0. The van der Waals surface area contributed by atoms with Crippen LogP contribution in [0, 0.1) is 0 Å². The van der Waals surface area contributed by atoms with Gasteiger partial charge in [0.2, 0.25) is 0 Å². The Morgan fingerprint density at radius 2 is 1.73 bits per heavy atom. The summed E-state index contributed by atoms with van der Waals surface area (Å²) in [7, 11) is 0. The molecule has 0 bridgehead atoms. The maximum atomic E-state index is 4.32. The van der Waals surface area contributed by atoms with Gasteiger partial charge in [-0.3, -0.25) is 5.32 Å². The molecule has 0 unspecified atom stereocenters. The van der Waals surface area contributed by atoms with Gasteiger partial charge in [0.1, 0.15) is 4.20 Å². The summed E-state index contributed by atoms with van der Waals surface area (Å²) in [4.78, 5) is 0.